The highest BCUT2D eigenvalue weighted by molar-refractivity contribution is 6.31. The molecule has 0 spiro atoms. The highest BCUT2D eigenvalue weighted by Crippen LogP contribution is 2.14. The number of benzene rings is 2. The fraction of sp³-hybridized carbons (Fsp3) is 0.0625. The van der Waals surface area contributed by atoms with E-state index in [9.17, 15) is 4.79 Å². The lowest BCUT2D eigenvalue weighted by atomic mass is 10.2. The van der Waals surface area contributed by atoms with E-state index in [2.05, 4.69) is 5.32 Å². The monoisotopic (exact) mass is 271 g/mol. The second-order valence-corrected chi connectivity index (χ2v) is 4.46. The fourth-order valence-corrected chi connectivity index (χ4v) is 1.82. The van der Waals surface area contributed by atoms with Gasteiger partial charge in [0.15, 0.2) is 0 Å². The minimum absolute atomic E-state index is 0.135. The van der Waals surface area contributed by atoms with Gasteiger partial charge in [-0.05, 0) is 23.3 Å². The zero-order chi connectivity index (χ0) is 13.5. The Balaban J connectivity index is 1.89. The predicted molar refractivity (Wildman–Crippen MR) is 78.8 cm³/mol. The Morgan fingerprint density at radius 2 is 1.74 bits per heavy atom. The van der Waals surface area contributed by atoms with Crippen LogP contribution in [0.25, 0.3) is 6.08 Å². The molecule has 2 rings (SSSR count). The van der Waals surface area contributed by atoms with Crippen molar-refractivity contribution < 1.29 is 4.79 Å². The summed E-state index contributed by atoms with van der Waals surface area (Å²) in [6.07, 6.45) is 3.30. The molecule has 0 radical (unpaired) electrons. The van der Waals surface area contributed by atoms with Crippen LogP contribution in [0.15, 0.2) is 60.7 Å². The van der Waals surface area contributed by atoms with E-state index in [0.29, 0.717) is 11.6 Å². The number of nitrogens with one attached hydrogen (secondary N) is 1. The molecule has 0 heterocycles. The van der Waals surface area contributed by atoms with E-state index in [1.807, 2.05) is 54.6 Å². The van der Waals surface area contributed by atoms with Gasteiger partial charge in [-0.25, -0.2) is 0 Å². The van der Waals surface area contributed by atoms with Crippen LogP contribution in [0.1, 0.15) is 11.1 Å². The Hall–Kier alpha value is -2.06. The van der Waals surface area contributed by atoms with Crippen LogP contribution in [0.3, 0.4) is 0 Å². The third kappa shape index (κ3) is 4.27. The Morgan fingerprint density at radius 1 is 1.05 bits per heavy atom. The van der Waals surface area contributed by atoms with Crippen LogP contribution in [0.4, 0.5) is 0 Å². The highest BCUT2D eigenvalue weighted by Gasteiger charge is 2.00. The average molecular weight is 272 g/mol. The highest BCUT2D eigenvalue weighted by atomic mass is 35.5. The van der Waals surface area contributed by atoms with Crippen molar-refractivity contribution in [1.29, 1.82) is 0 Å². The maximum Gasteiger partial charge on any atom is 0.244 e. The molecule has 0 bridgehead atoms. The molecular weight excluding hydrogens is 258 g/mol. The third-order valence-electron chi connectivity index (χ3n) is 2.64. The van der Waals surface area contributed by atoms with Crippen LogP contribution < -0.4 is 5.32 Å². The van der Waals surface area contributed by atoms with Crippen molar-refractivity contribution in [3.63, 3.8) is 0 Å². The zero-order valence-electron chi connectivity index (χ0n) is 10.3. The number of halogens is 1. The van der Waals surface area contributed by atoms with Gasteiger partial charge in [0, 0.05) is 17.6 Å². The maximum atomic E-state index is 11.7. The summed E-state index contributed by atoms with van der Waals surface area (Å²) in [6, 6.07) is 17.1. The Labute approximate surface area is 117 Å². The van der Waals surface area contributed by atoms with E-state index in [-0.39, 0.29) is 5.91 Å². The molecule has 0 aliphatic rings. The number of carbonyl (C=O) groups is 1. The lowest BCUT2D eigenvalue weighted by Gasteiger charge is -2.04. The second-order valence-electron chi connectivity index (χ2n) is 4.05. The summed E-state index contributed by atoms with van der Waals surface area (Å²) in [6.45, 7) is 0.428. The first-order chi connectivity index (χ1) is 9.25. The molecule has 0 aromatic heterocycles. The van der Waals surface area contributed by atoms with E-state index in [1.165, 1.54) is 6.08 Å². The van der Waals surface area contributed by atoms with Gasteiger partial charge in [-0.3, -0.25) is 4.79 Å². The SMILES string of the molecule is O=C(/C=C/c1ccccc1)NCc1ccccc1Cl. The summed E-state index contributed by atoms with van der Waals surface area (Å²) < 4.78 is 0. The second kappa shape index (κ2) is 6.76. The van der Waals surface area contributed by atoms with E-state index in [1.54, 1.807) is 6.08 Å². The quantitative estimate of drug-likeness (QED) is 0.845. The first-order valence-corrected chi connectivity index (χ1v) is 6.38. The molecule has 0 atom stereocenters. The van der Waals surface area contributed by atoms with Crippen LogP contribution in [0.2, 0.25) is 5.02 Å². The van der Waals surface area contributed by atoms with Crippen molar-refractivity contribution in [3.05, 3.63) is 76.8 Å². The summed E-state index contributed by atoms with van der Waals surface area (Å²) in [5.74, 6) is -0.135. The molecule has 1 amide bonds. The first kappa shape index (κ1) is 13.4. The smallest absolute Gasteiger partial charge is 0.244 e. The summed E-state index contributed by atoms with van der Waals surface area (Å²) in [5, 5.41) is 3.46. The van der Waals surface area contributed by atoms with E-state index < -0.39 is 0 Å². The number of hydrogen-bond acceptors (Lipinski definition) is 1. The lowest BCUT2D eigenvalue weighted by Crippen LogP contribution is -2.20. The van der Waals surface area contributed by atoms with Crippen molar-refractivity contribution >= 4 is 23.6 Å². The molecule has 0 saturated carbocycles. The Morgan fingerprint density at radius 3 is 2.47 bits per heavy atom. The molecule has 2 aromatic rings. The van der Waals surface area contributed by atoms with Crippen LogP contribution in [-0.4, -0.2) is 5.91 Å². The van der Waals surface area contributed by atoms with E-state index in [4.69, 9.17) is 11.6 Å². The average Bonchev–Trinajstić information content (AvgIpc) is 2.45. The number of rotatable bonds is 4. The van der Waals surface area contributed by atoms with Crippen molar-refractivity contribution in [2.24, 2.45) is 0 Å². The Bertz CT molecular complexity index is 578. The van der Waals surface area contributed by atoms with Gasteiger partial charge in [-0.2, -0.15) is 0 Å². The topological polar surface area (TPSA) is 29.1 Å². The maximum absolute atomic E-state index is 11.7. The summed E-state index contributed by atoms with van der Waals surface area (Å²) in [4.78, 5) is 11.7. The molecule has 1 N–H and O–H groups in total. The summed E-state index contributed by atoms with van der Waals surface area (Å²) >= 11 is 6.01. The van der Waals surface area contributed by atoms with Crippen LogP contribution in [0, 0.1) is 0 Å². The van der Waals surface area contributed by atoms with Crippen molar-refractivity contribution in [2.75, 3.05) is 0 Å². The minimum atomic E-state index is -0.135. The minimum Gasteiger partial charge on any atom is -0.348 e. The predicted octanol–water partition coefficient (Wildman–Crippen LogP) is 3.67. The molecule has 0 fully saturated rings. The standard InChI is InChI=1S/C16H14ClNO/c17-15-9-5-4-8-14(15)12-18-16(19)11-10-13-6-2-1-3-7-13/h1-11H,12H2,(H,18,19)/b11-10+. The van der Waals surface area contributed by atoms with Crippen LogP contribution >= 0.6 is 11.6 Å². The number of amides is 1. The van der Waals surface area contributed by atoms with Gasteiger partial charge in [0.05, 0.1) is 0 Å². The van der Waals surface area contributed by atoms with Gasteiger partial charge in [0.1, 0.15) is 0 Å². The molecule has 2 aromatic carbocycles. The first-order valence-electron chi connectivity index (χ1n) is 6.00. The molecule has 19 heavy (non-hydrogen) atoms. The van der Waals surface area contributed by atoms with Gasteiger partial charge in [0.2, 0.25) is 5.91 Å². The van der Waals surface area contributed by atoms with Crippen molar-refractivity contribution in [3.8, 4) is 0 Å². The van der Waals surface area contributed by atoms with Crippen LogP contribution in [-0.2, 0) is 11.3 Å². The van der Waals surface area contributed by atoms with Crippen molar-refractivity contribution in [2.45, 2.75) is 6.54 Å². The van der Waals surface area contributed by atoms with Crippen molar-refractivity contribution in [1.82, 2.24) is 5.32 Å². The van der Waals surface area contributed by atoms with Gasteiger partial charge >= 0.3 is 0 Å². The largest absolute Gasteiger partial charge is 0.348 e. The lowest BCUT2D eigenvalue weighted by molar-refractivity contribution is -0.116. The molecule has 0 unspecified atom stereocenters. The molecule has 0 saturated heterocycles. The van der Waals surface area contributed by atoms with Crippen LogP contribution in [0.5, 0.6) is 0 Å². The summed E-state index contributed by atoms with van der Waals surface area (Å²) in [7, 11) is 0. The Kier molecular flexibility index (Phi) is 4.76. The summed E-state index contributed by atoms with van der Waals surface area (Å²) in [5.41, 5.74) is 1.90. The third-order valence-corrected chi connectivity index (χ3v) is 3.01. The van der Waals surface area contributed by atoms with Gasteiger partial charge in [-0.15, -0.1) is 0 Å². The molecular formula is C16H14ClNO. The number of hydrogen-bond donors (Lipinski definition) is 1. The van der Waals surface area contributed by atoms with Gasteiger partial charge < -0.3 is 5.32 Å². The number of carbonyl (C=O) groups excluding carboxylic acids is 1. The van der Waals surface area contributed by atoms with E-state index >= 15 is 0 Å². The normalized spacial score (nSPS) is 10.6. The van der Waals surface area contributed by atoms with Gasteiger partial charge in [0.25, 0.3) is 0 Å². The molecule has 96 valence electrons. The molecule has 3 heteroatoms. The molecule has 2 nitrogen and oxygen atoms in total. The van der Waals surface area contributed by atoms with E-state index in [0.717, 1.165) is 11.1 Å². The molecule has 0 aliphatic heterocycles. The van der Waals surface area contributed by atoms with Gasteiger partial charge in [-0.1, -0.05) is 60.1 Å². The fourth-order valence-electron chi connectivity index (χ4n) is 1.62. The molecule has 0 aliphatic carbocycles. The zero-order valence-corrected chi connectivity index (χ0v) is 11.1.